The molecule has 0 aliphatic heterocycles. The molecule has 4 nitrogen and oxygen atoms in total. The molecule has 0 saturated carbocycles. The van der Waals surface area contributed by atoms with E-state index in [0.717, 1.165) is 30.8 Å². The SMILES string of the molecule is CCCCN(C)C(=O)c1cc(Nc2ccc(C)cc2C)ccn1. The van der Waals surface area contributed by atoms with Gasteiger partial charge in [-0.1, -0.05) is 31.0 Å². The third-order valence-electron chi connectivity index (χ3n) is 3.83. The minimum atomic E-state index is -0.0391. The average Bonchev–Trinajstić information content (AvgIpc) is 2.55. The van der Waals surface area contributed by atoms with E-state index in [0.29, 0.717) is 5.69 Å². The van der Waals surface area contributed by atoms with Gasteiger partial charge in [0.2, 0.25) is 0 Å². The fourth-order valence-electron chi connectivity index (χ4n) is 2.43. The predicted molar refractivity (Wildman–Crippen MR) is 95.3 cm³/mol. The summed E-state index contributed by atoms with van der Waals surface area (Å²) in [4.78, 5) is 18.3. The van der Waals surface area contributed by atoms with Gasteiger partial charge in [0.25, 0.3) is 5.91 Å². The van der Waals surface area contributed by atoms with Crippen molar-refractivity contribution in [3.05, 3.63) is 53.3 Å². The lowest BCUT2D eigenvalue weighted by Crippen LogP contribution is -2.28. The summed E-state index contributed by atoms with van der Waals surface area (Å²) >= 11 is 0. The zero-order valence-corrected chi connectivity index (χ0v) is 14.4. The van der Waals surface area contributed by atoms with Crippen LogP contribution in [-0.4, -0.2) is 29.4 Å². The molecule has 0 bridgehead atoms. The molecule has 0 fully saturated rings. The van der Waals surface area contributed by atoms with Crippen molar-refractivity contribution in [3.8, 4) is 0 Å². The van der Waals surface area contributed by atoms with Crippen molar-refractivity contribution in [2.45, 2.75) is 33.6 Å². The summed E-state index contributed by atoms with van der Waals surface area (Å²) in [5, 5.41) is 3.37. The highest BCUT2D eigenvalue weighted by molar-refractivity contribution is 5.93. The second-order valence-electron chi connectivity index (χ2n) is 5.95. The van der Waals surface area contributed by atoms with Crippen molar-refractivity contribution in [2.24, 2.45) is 0 Å². The first-order valence-corrected chi connectivity index (χ1v) is 8.07. The fourth-order valence-corrected chi connectivity index (χ4v) is 2.43. The number of pyridine rings is 1. The molecule has 1 heterocycles. The van der Waals surface area contributed by atoms with Crippen molar-refractivity contribution in [1.82, 2.24) is 9.88 Å². The molecule has 0 saturated heterocycles. The molecule has 2 rings (SSSR count). The first kappa shape index (κ1) is 17.0. The Morgan fingerprint density at radius 3 is 2.70 bits per heavy atom. The normalized spacial score (nSPS) is 10.4. The molecule has 2 aromatic rings. The van der Waals surface area contributed by atoms with E-state index in [1.807, 2.05) is 19.2 Å². The van der Waals surface area contributed by atoms with Gasteiger partial charge >= 0.3 is 0 Å². The minimum absolute atomic E-state index is 0.0391. The molecule has 1 aromatic heterocycles. The lowest BCUT2D eigenvalue weighted by Gasteiger charge is -2.17. The average molecular weight is 311 g/mol. The standard InChI is InChI=1S/C19H25N3O/c1-5-6-11-22(4)19(23)18-13-16(9-10-20-18)21-17-8-7-14(2)12-15(17)3/h7-10,12-13H,5-6,11H2,1-4H3,(H,20,21). The summed E-state index contributed by atoms with van der Waals surface area (Å²) in [6.07, 6.45) is 3.74. The summed E-state index contributed by atoms with van der Waals surface area (Å²) in [7, 11) is 1.82. The number of hydrogen-bond donors (Lipinski definition) is 1. The highest BCUT2D eigenvalue weighted by atomic mass is 16.2. The molecule has 1 amide bonds. The van der Waals surface area contributed by atoms with Crippen LogP contribution in [0.15, 0.2) is 36.5 Å². The lowest BCUT2D eigenvalue weighted by molar-refractivity contribution is 0.0787. The molecule has 0 aliphatic carbocycles. The smallest absolute Gasteiger partial charge is 0.272 e. The highest BCUT2D eigenvalue weighted by Crippen LogP contribution is 2.21. The Kier molecular flexibility index (Phi) is 5.74. The fraction of sp³-hybridized carbons (Fsp3) is 0.368. The van der Waals surface area contributed by atoms with Gasteiger partial charge in [0.05, 0.1) is 0 Å². The summed E-state index contributed by atoms with van der Waals surface area (Å²) in [5.74, 6) is -0.0391. The number of unbranched alkanes of at least 4 members (excludes halogenated alkanes) is 1. The van der Waals surface area contributed by atoms with Crippen molar-refractivity contribution < 1.29 is 4.79 Å². The monoisotopic (exact) mass is 311 g/mol. The Balaban J connectivity index is 2.14. The van der Waals surface area contributed by atoms with Gasteiger partial charge in [0.1, 0.15) is 5.69 Å². The number of aromatic nitrogens is 1. The maximum Gasteiger partial charge on any atom is 0.272 e. The molecule has 23 heavy (non-hydrogen) atoms. The van der Waals surface area contributed by atoms with E-state index >= 15 is 0 Å². The summed E-state index contributed by atoms with van der Waals surface area (Å²) in [6, 6.07) is 9.95. The molecule has 4 heteroatoms. The number of carbonyl (C=O) groups is 1. The number of rotatable bonds is 6. The number of benzene rings is 1. The van der Waals surface area contributed by atoms with Crippen molar-refractivity contribution in [3.63, 3.8) is 0 Å². The second-order valence-corrected chi connectivity index (χ2v) is 5.95. The molecular weight excluding hydrogens is 286 g/mol. The molecule has 0 aliphatic rings. The van der Waals surface area contributed by atoms with Gasteiger partial charge in [0, 0.05) is 31.2 Å². The third kappa shape index (κ3) is 4.55. The van der Waals surface area contributed by atoms with Gasteiger partial charge in [-0.2, -0.15) is 0 Å². The Morgan fingerprint density at radius 1 is 1.22 bits per heavy atom. The van der Waals surface area contributed by atoms with Crippen molar-refractivity contribution in [1.29, 1.82) is 0 Å². The van der Waals surface area contributed by atoms with E-state index in [9.17, 15) is 4.79 Å². The number of carbonyl (C=O) groups excluding carboxylic acids is 1. The van der Waals surface area contributed by atoms with Gasteiger partial charge in [-0.15, -0.1) is 0 Å². The van der Waals surface area contributed by atoms with Crippen LogP contribution < -0.4 is 5.32 Å². The Hall–Kier alpha value is -2.36. The Labute approximate surface area is 138 Å². The van der Waals surface area contributed by atoms with Crippen LogP contribution in [0.5, 0.6) is 0 Å². The van der Waals surface area contributed by atoms with Crippen LogP contribution in [0.2, 0.25) is 0 Å². The molecule has 1 N–H and O–H groups in total. The van der Waals surface area contributed by atoms with E-state index in [4.69, 9.17) is 0 Å². The van der Waals surface area contributed by atoms with Crippen LogP contribution >= 0.6 is 0 Å². The molecule has 122 valence electrons. The topological polar surface area (TPSA) is 45.2 Å². The summed E-state index contributed by atoms with van der Waals surface area (Å²) in [6.45, 7) is 7.02. The molecule has 0 unspecified atom stereocenters. The van der Waals surface area contributed by atoms with E-state index in [2.05, 4.69) is 49.3 Å². The third-order valence-corrected chi connectivity index (χ3v) is 3.83. The Bertz CT molecular complexity index is 682. The van der Waals surface area contributed by atoms with Gasteiger partial charge in [-0.25, -0.2) is 0 Å². The lowest BCUT2D eigenvalue weighted by atomic mass is 10.1. The van der Waals surface area contributed by atoms with Crippen LogP contribution in [0.3, 0.4) is 0 Å². The van der Waals surface area contributed by atoms with Crippen molar-refractivity contribution in [2.75, 3.05) is 18.9 Å². The zero-order valence-electron chi connectivity index (χ0n) is 14.4. The van der Waals surface area contributed by atoms with Gasteiger partial charge in [0.15, 0.2) is 0 Å². The number of hydrogen-bond acceptors (Lipinski definition) is 3. The van der Waals surface area contributed by atoms with Crippen LogP contribution in [0.25, 0.3) is 0 Å². The highest BCUT2D eigenvalue weighted by Gasteiger charge is 2.13. The van der Waals surface area contributed by atoms with E-state index < -0.39 is 0 Å². The minimum Gasteiger partial charge on any atom is -0.355 e. The molecular formula is C19H25N3O. The van der Waals surface area contributed by atoms with Gasteiger partial charge in [-0.3, -0.25) is 9.78 Å². The van der Waals surface area contributed by atoms with Crippen LogP contribution in [0, 0.1) is 13.8 Å². The van der Waals surface area contributed by atoms with Crippen LogP contribution in [-0.2, 0) is 0 Å². The number of nitrogens with one attached hydrogen (secondary N) is 1. The summed E-state index contributed by atoms with van der Waals surface area (Å²) in [5.41, 5.74) is 4.79. The van der Waals surface area contributed by atoms with E-state index in [-0.39, 0.29) is 5.91 Å². The second kappa shape index (κ2) is 7.77. The van der Waals surface area contributed by atoms with Crippen molar-refractivity contribution >= 4 is 17.3 Å². The number of amides is 1. The Morgan fingerprint density at radius 2 is 2.00 bits per heavy atom. The quantitative estimate of drug-likeness (QED) is 0.864. The number of anilines is 2. The van der Waals surface area contributed by atoms with E-state index in [1.54, 1.807) is 11.1 Å². The molecule has 0 spiro atoms. The number of aryl methyl sites for hydroxylation is 2. The predicted octanol–water partition coefficient (Wildman–Crippen LogP) is 4.31. The van der Waals surface area contributed by atoms with Gasteiger partial charge in [-0.05, 0) is 44.0 Å². The van der Waals surface area contributed by atoms with Crippen LogP contribution in [0.4, 0.5) is 11.4 Å². The van der Waals surface area contributed by atoms with Gasteiger partial charge < -0.3 is 10.2 Å². The van der Waals surface area contributed by atoms with Crippen LogP contribution in [0.1, 0.15) is 41.4 Å². The number of nitrogens with zero attached hydrogens (tertiary/aromatic N) is 2. The maximum atomic E-state index is 12.4. The van der Waals surface area contributed by atoms with E-state index in [1.165, 1.54) is 11.1 Å². The first-order chi connectivity index (χ1) is 11.0. The largest absolute Gasteiger partial charge is 0.355 e. The zero-order chi connectivity index (χ0) is 16.8. The maximum absolute atomic E-state index is 12.4. The molecule has 0 atom stereocenters. The molecule has 1 aromatic carbocycles. The summed E-state index contributed by atoms with van der Waals surface area (Å²) < 4.78 is 0. The first-order valence-electron chi connectivity index (χ1n) is 8.07. The molecule has 0 radical (unpaired) electrons.